The molecule has 0 atom stereocenters. The number of thioether (sulfide) groups is 1. The molecular formula is C11H9N3O3S. The lowest BCUT2D eigenvalue weighted by molar-refractivity contribution is -0.384. The van der Waals surface area contributed by atoms with Gasteiger partial charge in [0.05, 0.1) is 9.83 Å². The van der Waals surface area contributed by atoms with Crippen molar-refractivity contribution in [2.45, 2.75) is 6.92 Å². The molecule has 0 bridgehead atoms. The van der Waals surface area contributed by atoms with Gasteiger partial charge in [-0.15, -0.1) is 0 Å². The van der Waals surface area contributed by atoms with E-state index in [1.54, 1.807) is 19.1 Å². The zero-order chi connectivity index (χ0) is 13.3. The number of amidine groups is 1. The molecule has 0 aliphatic carbocycles. The number of hydrogen-bond acceptors (Lipinski definition) is 5. The predicted octanol–water partition coefficient (Wildman–Crippen LogP) is 2.12. The first kappa shape index (κ1) is 12.3. The van der Waals surface area contributed by atoms with E-state index in [1.807, 2.05) is 0 Å². The van der Waals surface area contributed by atoms with Crippen molar-refractivity contribution in [2.75, 3.05) is 0 Å². The van der Waals surface area contributed by atoms with E-state index in [1.165, 1.54) is 12.1 Å². The first-order chi connectivity index (χ1) is 8.49. The molecule has 0 saturated carbocycles. The zero-order valence-corrected chi connectivity index (χ0v) is 10.2. The van der Waals surface area contributed by atoms with E-state index in [4.69, 9.17) is 5.41 Å². The fourth-order valence-corrected chi connectivity index (χ4v) is 2.31. The van der Waals surface area contributed by atoms with Crippen LogP contribution in [0.3, 0.4) is 0 Å². The van der Waals surface area contributed by atoms with E-state index in [2.05, 4.69) is 5.32 Å². The van der Waals surface area contributed by atoms with E-state index >= 15 is 0 Å². The van der Waals surface area contributed by atoms with Gasteiger partial charge in [0.15, 0.2) is 5.17 Å². The molecule has 0 aromatic heterocycles. The van der Waals surface area contributed by atoms with E-state index in [9.17, 15) is 14.9 Å². The number of non-ortho nitro benzene ring substituents is 1. The molecule has 1 aromatic carbocycles. The number of benzene rings is 1. The van der Waals surface area contributed by atoms with Crippen molar-refractivity contribution in [3.8, 4) is 0 Å². The van der Waals surface area contributed by atoms with Gasteiger partial charge in [-0.1, -0.05) is 0 Å². The van der Waals surface area contributed by atoms with Crippen LogP contribution in [0.4, 0.5) is 5.69 Å². The lowest BCUT2D eigenvalue weighted by Crippen LogP contribution is -2.18. The molecule has 1 aliphatic rings. The summed E-state index contributed by atoms with van der Waals surface area (Å²) in [5.41, 5.74) is 1.44. The normalized spacial score (nSPS) is 17.6. The van der Waals surface area contributed by atoms with Crippen molar-refractivity contribution >= 4 is 34.1 Å². The van der Waals surface area contributed by atoms with Gasteiger partial charge >= 0.3 is 0 Å². The Balaban J connectivity index is 2.37. The highest BCUT2D eigenvalue weighted by molar-refractivity contribution is 8.18. The Labute approximate surface area is 107 Å². The zero-order valence-electron chi connectivity index (χ0n) is 9.39. The first-order valence-electron chi connectivity index (χ1n) is 5.02. The maximum Gasteiger partial charge on any atom is 0.269 e. The summed E-state index contributed by atoms with van der Waals surface area (Å²) in [7, 11) is 0. The molecule has 2 N–H and O–H groups in total. The summed E-state index contributed by atoms with van der Waals surface area (Å²) in [6, 6.07) is 5.97. The Morgan fingerprint density at radius 1 is 1.39 bits per heavy atom. The number of nitro groups is 1. The molecule has 18 heavy (non-hydrogen) atoms. The molecule has 0 spiro atoms. The van der Waals surface area contributed by atoms with Crippen LogP contribution in [0, 0.1) is 15.5 Å². The van der Waals surface area contributed by atoms with E-state index in [0.717, 1.165) is 17.3 Å². The highest BCUT2D eigenvalue weighted by Gasteiger charge is 2.25. The van der Waals surface area contributed by atoms with Crippen LogP contribution in [-0.2, 0) is 4.79 Å². The van der Waals surface area contributed by atoms with Gasteiger partial charge < -0.3 is 5.32 Å². The summed E-state index contributed by atoms with van der Waals surface area (Å²) in [5, 5.41) is 20.4. The second-order valence-corrected chi connectivity index (χ2v) is 4.66. The highest BCUT2D eigenvalue weighted by atomic mass is 32.2. The molecule has 1 aromatic rings. The number of nitrogens with zero attached hydrogens (tertiary/aromatic N) is 1. The molecule has 0 unspecified atom stereocenters. The summed E-state index contributed by atoms with van der Waals surface area (Å²) in [6.07, 6.45) is 0. The van der Waals surface area contributed by atoms with Gasteiger partial charge in [-0.25, -0.2) is 0 Å². The Bertz CT molecular complexity index is 578. The second-order valence-electron chi connectivity index (χ2n) is 3.64. The predicted molar refractivity (Wildman–Crippen MR) is 69.2 cm³/mol. The molecule has 0 radical (unpaired) electrons. The summed E-state index contributed by atoms with van der Waals surface area (Å²) >= 11 is 1.06. The Morgan fingerprint density at radius 3 is 2.44 bits per heavy atom. The quantitative estimate of drug-likeness (QED) is 0.485. The highest BCUT2D eigenvalue weighted by Crippen LogP contribution is 2.31. The minimum Gasteiger partial charge on any atom is -0.301 e. The van der Waals surface area contributed by atoms with Crippen molar-refractivity contribution in [1.29, 1.82) is 5.41 Å². The molecule has 92 valence electrons. The summed E-state index contributed by atoms with van der Waals surface area (Å²) in [4.78, 5) is 22.0. The maximum absolute atomic E-state index is 11.5. The number of amides is 1. The van der Waals surface area contributed by atoms with Crippen molar-refractivity contribution in [2.24, 2.45) is 0 Å². The van der Waals surface area contributed by atoms with Crippen LogP contribution >= 0.6 is 11.8 Å². The average Bonchev–Trinajstić information content (AvgIpc) is 2.67. The molecule has 6 nitrogen and oxygen atoms in total. The van der Waals surface area contributed by atoms with Gasteiger partial charge in [0.2, 0.25) is 0 Å². The van der Waals surface area contributed by atoms with Crippen LogP contribution < -0.4 is 5.32 Å². The third-order valence-corrected chi connectivity index (χ3v) is 3.49. The van der Waals surface area contributed by atoms with Crippen LogP contribution in [0.5, 0.6) is 0 Å². The Hall–Kier alpha value is -2.15. The SMILES string of the molecule is CC(=C1SC(=N)NC1=O)c1ccc([N+](=O)[O-])cc1. The maximum atomic E-state index is 11.5. The van der Waals surface area contributed by atoms with E-state index < -0.39 is 4.92 Å². The van der Waals surface area contributed by atoms with Crippen molar-refractivity contribution in [3.63, 3.8) is 0 Å². The Morgan fingerprint density at radius 2 is 2.00 bits per heavy atom. The van der Waals surface area contributed by atoms with E-state index in [0.29, 0.717) is 10.5 Å². The smallest absolute Gasteiger partial charge is 0.269 e. The standard InChI is InChI=1S/C11H9N3O3S/c1-6(9-10(15)13-11(12)18-9)7-2-4-8(5-3-7)14(16)17/h2-5H,1H3,(H2,12,13,15). The number of nitrogens with one attached hydrogen (secondary N) is 2. The lowest BCUT2D eigenvalue weighted by Gasteiger charge is -2.03. The monoisotopic (exact) mass is 263 g/mol. The second kappa shape index (κ2) is 4.61. The van der Waals surface area contributed by atoms with Gasteiger partial charge in [-0.2, -0.15) is 0 Å². The number of carbonyl (C=O) groups is 1. The largest absolute Gasteiger partial charge is 0.301 e. The van der Waals surface area contributed by atoms with Crippen molar-refractivity contribution < 1.29 is 9.72 Å². The van der Waals surface area contributed by atoms with Crippen LogP contribution in [0.1, 0.15) is 12.5 Å². The molecule has 1 heterocycles. The molecular weight excluding hydrogens is 254 g/mol. The van der Waals surface area contributed by atoms with Crippen LogP contribution in [0.25, 0.3) is 5.57 Å². The first-order valence-corrected chi connectivity index (χ1v) is 5.84. The van der Waals surface area contributed by atoms with Crippen molar-refractivity contribution in [1.82, 2.24) is 5.32 Å². The molecule has 1 aliphatic heterocycles. The summed E-state index contributed by atoms with van der Waals surface area (Å²) in [6.45, 7) is 1.75. The molecule has 2 rings (SSSR count). The fraction of sp³-hybridized carbons (Fsp3) is 0.0909. The third kappa shape index (κ3) is 2.25. The van der Waals surface area contributed by atoms with Crippen LogP contribution in [0.15, 0.2) is 29.2 Å². The average molecular weight is 263 g/mol. The van der Waals surface area contributed by atoms with Crippen LogP contribution in [-0.4, -0.2) is 16.0 Å². The molecule has 7 heteroatoms. The number of carbonyl (C=O) groups excluding carboxylic acids is 1. The molecule has 1 fully saturated rings. The van der Waals surface area contributed by atoms with Gasteiger partial charge in [0.1, 0.15) is 0 Å². The molecule has 1 amide bonds. The number of nitro benzene ring substituents is 1. The van der Waals surface area contributed by atoms with Gasteiger partial charge in [-0.3, -0.25) is 20.3 Å². The van der Waals surface area contributed by atoms with Gasteiger partial charge in [0.25, 0.3) is 11.6 Å². The van der Waals surface area contributed by atoms with Gasteiger partial charge in [0, 0.05) is 12.1 Å². The fourth-order valence-electron chi connectivity index (χ4n) is 1.54. The summed E-state index contributed by atoms with van der Waals surface area (Å²) < 4.78 is 0. The number of hydrogen-bond donors (Lipinski definition) is 2. The molecule has 1 saturated heterocycles. The van der Waals surface area contributed by atoms with Gasteiger partial charge in [-0.05, 0) is 42.0 Å². The lowest BCUT2D eigenvalue weighted by atomic mass is 10.1. The van der Waals surface area contributed by atoms with Crippen molar-refractivity contribution in [3.05, 3.63) is 44.8 Å². The topological polar surface area (TPSA) is 96.1 Å². The Kier molecular flexibility index (Phi) is 3.15. The van der Waals surface area contributed by atoms with Crippen LogP contribution in [0.2, 0.25) is 0 Å². The van der Waals surface area contributed by atoms with E-state index in [-0.39, 0.29) is 16.8 Å². The number of allylic oxidation sites excluding steroid dienone is 1. The minimum atomic E-state index is -0.473. The number of rotatable bonds is 2. The minimum absolute atomic E-state index is 0.00724. The third-order valence-electron chi connectivity index (χ3n) is 2.49. The summed E-state index contributed by atoms with van der Waals surface area (Å²) in [5.74, 6) is -0.305.